The van der Waals surface area contributed by atoms with Gasteiger partial charge in [-0.2, -0.15) is 0 Å². The molecule has 1 aliphatic carbocycles. The van der Waals surface area contributed by atoms with Crippen molar-refractivity contribution in [3.63, 3.8) is 0 Å². The van der Waals surface area contributed by atoms with Gasteiger partial charge in [0.05, 0.1) is 13.2 Å². The van der Waals surface area contributed by atoms with E-state index in [-0.39, 0.29) is 11.9 Å². The summed E-state index contributed by atoms with van der Waals surface area (Å²) in [6, 6.07) is 2.57. The maximum atomic E-state index is 11.8. The number of amides is 1. The Kier molecular flexibility index (Phi) is 5.36. The fraction of sp³-hybridized carbons (Fsp3) is 0.643. The zero-order valence-electron chi connectivity index (χ0n) is 11.6. The molecule has 2 unspecified atom stereocenters. The van der Waals surface area contributed by atoms with Crippen LogP contribution in [0.5, 0.6) is 0 Å². The molecule has 0 aliphatic heterocycles. The number of carbonyl (C=O) groups is 1. The van der Waals surface area contributed by atoms with Crippen molar-refractivity contribution in [3.8, 4) is 0 Å². The van der Waals surface area contributed by atoms with E-state index in [1.54, 1.807) is 7.11 Å². The van der Waals surface area contributed by atoms with E-state index in [0.717, 1.165) is 6.42 Å². The molecule has 1 heterocycles. The van der Waals surface area contributed by atoms with Gasteiger partial charge < -0.3 is 15.4 Å². The lowest BCUT2D eigenvalue weighted by atomic mass is 9.94. The summed E-state index contributed by atoms with van der Waals surface area (Å²) >= 11 is 1.82. The van der Waals surface area contributed by atoms with E-state index in [0.29, 0.717) is 19.2 Å². The van der Waals surface area contributed by atoms with Gasteiger partial charge in [0.2, 0.25) is 5.91 Å². The lowest BCUT2D eigenvalue weighted by Gasteiger charge is -2.24. The molecule has 4 nitrogen and oxygen atoms in total. The van der Waals surface area contributed by atoms with E-state index in [9.17, 15) is 4.79 Å². The van der Waals surface area contributed by atoms with Crippen LogP contribution >= 0.6 is 11.3 Å². The Hall–Kier alpha value is -0.910. The number of ether oxygens (including phenoxy) is 1. The maximum Gasteiger partial charge on any atom is 0.234 e. The molecule has 1 aromatic rings. The second-order valence-corrected chi connectivity index (χ2v) is 6.05. The van der Waals surface area contributed by atoms with Gasteiger partial charge in [-0.05, 0) is 43.2 Å². The first-order chi connectivity index (χ1) is 9.20. The fourth-order valence-electron chi connectivity index (χ4n) is 2.53. The standard InChI is InChI=1S/C14H22N2O2S/c1-10(9-18-2)16-14(17)8-15-12-4-3-5-13-11(12)6-7-19-13/h6-7,10,12,15H,3-5,8-9H2,1-2H3,(H,16,17). The molecule has 0 radical (unpaired) electrons. The van der Waals surface area contributed by atoms with E-state index in [1.807, 2.05) is 18.3 Å². The largest absolute Gasteiger partial charge is 0.383 e. The number of aryl methyl sites for hydroxylation is 1. The number of nitrogens with one attached hydrogen (secondary N) is 2. The minimum Gasteiger partial charge on any atom is -0.383 e. The zero-order valence-corrected chi connectivity index (χ0v) is 12.4. The average molecular weight is 282 g/mol. The molecule has 1 aromatic heterocycles. The molecule has 2 rings (SSSR count). The molecule has 2 N–H and O–H groups in total. The number of hydrogen-bond acceptors (Lipinski definition) is 4. The van der Waals surface area contributed by atoms with Gasteiger partial charge in [0.1, 0.15) is 0 Å². The first kappa shape index (κ1) is 14.5. The molecule has 0 bridgehead atoms. The number of methoxy groups -OCH3 is 1. The highest BCUT2D eigenvalue weighted by Gasteiger charge is 2.21. The van der Waals surface area contributed by atoms with E-state index < -0.39 is 0 Å². The van der Waals surface area contributed by atoms with Crippen molar-refractivity contribution in [1.82, 2.24) is 10.6 Å². The molecule has 2 atom stereocenters. The average Bonchev–Trinajstić information content (AvgIpc) is 2.85. The molecule has 0 saturated heterocycles. The highest BCUT2D eigenvalue weighted by molar-refractivity contribution is 7.10. The number of hydrogen-bond donors (Lipinski definition) is 2. The van der Waals surface area contributed by atoms with Crippen LogP contribution in [0.25, 0.3) is 0 Å². The van der Waals surface area contributed by atoms with Crippen molar-refractivity contribution in [1.29, 1.82) is 0 Å². The summed E-state index contributed by atoms with van der Waals surface area (Å²) in [5.41, 5.74) is 1.38. The summed E-state index contributed by atoms with van der Waals surface area (Å²) in [5.74, 6) is 0.0342. The van der Waals surface area contributed by atoms with Gasteiger partial charge in [0, 0.05) is 24.1 Å². The molecule has 1 aliphatic rings. The van der Waals surface area contributed by atoms with Crippen LogP contribution in [0.4, 0.5) is 0 Å². The van der Waals surface area contributed by atoms with Gasteiger partial charge in [-0.25, -0.2) is 0 Å². The van der Waals surface area contributed by atoms with Crippen LogP contribution in [0, 0.1) is 0 Å². The Labute approximate surface area is 118 Å². The minimum absolute atomic E-state index is 0.0342. The van der Waals surface area contributed by atoms with Crippen LogP contribution in [0.2, 0.25) is 0 Å². The summed E-state index contributed by atoms with van der Waals surface area (Å²) < 4.78 is 5.00. The van der Waals surface area contributed by atoms with Gasteiger partial charge in [0.15, 0.2) is 0 Å². The molecule has 19 heavy (non-hydrogen) atoms. The zero-order chi connectivity index (χ0) is 13.7. The lowest BCUT2D eigenvalue weighted by molar-refractivity contribution is -0.121. The van der Waals surface area contributed by atoms with Gasteiger partial charge in [0.25, 0.3) is 0 Å². The van der Waals surface area contributed by atoms with E-state index in [4.69, 9.17) is 4.74 Å². The molecular weight excluding hydrogens is 260 g/mol. The summed E-state index contributed by atoms with van der Waals surface area (Å²) in [5, 5.41) is 8.42. The predicted octanol–water partition coefficient (Wildman–Crippen LogP) is 1.87. The van der Waals surface area contributed by atoms with Crippen LogP contribution in [0.1, 0.15) is 36.2 Å². The normalized spacial score (nSPS) is 19.8. The third-order valence-electron chi connectivity index (χ3n) is 3.39. The van der Waals surface area contributed by atoms with E-state index >= 15 is 0 Å². The summed E-state index contributed by atoms with van der Waals surface area (Å²) in [7, 11) is 1.64. The second-order valence-electron chi connectivity index (χ2n) is 5.05. The van der Waals surface area contributed by atoms with Gasteiger partial charge in [-0.1, -0.05) is 0 Å². The molecule has 0 fully saturated rings. The van der Waals surface area contributed by atoms with Gasteiger partial charge >= 0.3 is 0 Å². The predicted molar refractivity (Wildman–Crippen MR) is 77.5 cm³/mol. The number of fused-ring (bicyclic) bond motifs is 1. The third kappa shape index (κ3) is 4.03. The van der Waals surface area contributed by atoms with Crippen LogP contribution < -0.4 is 10.6 Å². The summed E-state index contributed by atoms with van der Waals surface area (Å²) in [6.07, 6.45) is 3.50. The van der Waals surface area contributed by atoms with Crippen molar-refractivity contribution in [2.75, 3.05) is 20.3 Å². The second kappa shape index (κ2) is 7.03. The van der Waals surface area contributed by atoms with Crippen LogP contribution in [0.3, 0.4) is 0 Å². The summed E-state index contributed by atoms with van der Waals surface area (Å²) in [6.45, 7) is 2.86. The quantitative estimate of drug-likeness (QED) is 0.837. The molecule has 1 amide bonds. The number of thiophene rings is 1. The maximum absolute atomic E-state index is 11.8. The van der Waals surface area contributed by atoms with Crippen molar-refractivity contribution in [3.05, 3.63) is 21.9 Å². The van der Waals surface area contributed by atoms with Crippen molar-refractivity contribution in [2.45, 2.75) is 38.3 Å². The Morgan fingerprint density at radius 2 is 2.47 bits per heavy atom. The lowest BCUT2D eigenvalue weighted by Crippen LogP contribution is -2.42. The highest BCUT2D eigenvalue weighted by Crippen LogP contribution is 2.32. The molecule has 0 aromatic carbocycles. The fourth-order valence-corrected chi connectivity index (χ4v) is 3.52. The Bertz CT molecular complexity index is 419. The Balaban J connectivity index is 1.79. The highest BCUT2D eigenvalue weighted by atomic mass is 32.1. The first-order valence-corrected chi connectivity index (χ1v) is 7.66. The van der Waals surface area contributed by atoms with Crippen molar-refractivity contribution in [2.24, 2.45) is 0 Å². The van der Waals surface area contributed by atoms with E-state index in [1.165, 1.54) is 23.3 Å². The van der Waals surface area contributed by atoms with Crippen LogP contribution in [0.15, 0.2) is 11.4 Å². The molecule has 0 saturated carbocycles. The Morgan fingerprint density at radius 3 is 3.26 bits per heavy atom. The summed E-state index contributed by atoms with van der Waals surface area (Å²) in [4.78, 5) is 13.3. The first-order valence-electron chi connectivity index (χ1n) is 6.78. The topological polar surface area (TPSA) is 50.4 Å². The molecule has 0 spiro atoms. The third-order valence-corrected chi connectivity index (χ3v) is 4.38. The molecule has 106 valence electrons. The SMILES string of the molecule is COCC(C)NC(=O)CNC1CCCc2sccc21. The number of carbonyl (C=O) groups excluding carboxylic acids is 1. The smallest absolute Gasteiger partial charge is 0.234 e. The number of rotatable bonds is 6. The minimum atomic E-state index is 0.0342. The van der Waals surface area contributed by atoms with Crippen molar-refractivity contribution < 1.29 is 9.53 Å². The molecular formula is C14H22N2O2S. The van der Waals surface area contributed by atoms with Gasteiger partial charge in [-0.3, -0.25) is 4.79 Å². The monoisotopic (exact) mass is 282 g/mol. The van der Waals surface area contributed by atoms with Gasteiger partial charge in [-0.15, -0.1) is 11.3 Å². The van der Waals surface area contributed by atoms with Crippen molar-refractivity contribution >= 4 is 17.2 Å². The van der Waals surface area contributed by atoms with E-state index in [2.05, 4.69) is 22.1 Å². The van der Waals surface area contributed by atoms with Crippen LogP contribution in [-0.4, -0.2) is 32.2 Å². The molecule has 5 heteroatoms. The Morgan fingerprint density at radius 1 is 1.63 bits per heavy atom. The van der Waals surface area contributed by atoms with Crippen LogP contribution in [-0.2, 0) is 16.0 Å².